The zero-order valence-corrected chi connectivity index (χ0v) is 14.6. The number of piperidine rings is 1. The minimum Gasteiger partial charge on any atom is -0.326 e. The molecule has 1 fully saturated rings. The normalized spacial score (nSPS) is 17.7. The minimum atomic E-state index is -3.71. The Hall–Kier alpha value is -2.38. The molecule has 25 heavy (non-hydrogen) atoms. The van der Waals surface area contributed by atoms with E-state index < -0.39 is 10.0 Å². The molecule has 2 aromatic rings. The molecule has 132 valence electrons. The van der Waals surface area contributed by atoms with Crippen molar-refractivity contribution in [2.75, 3.05) is 23.1 Å². The quantitative estimate of drug-likeness (QED) is 0.765. The highest BCUT2D eigenvalue weighted by Gasteiger charge is 2.21. The van der Waals surface area contributed by atoms with Crippen molar-refractivity contribution in [2.45, 2.75) is 17.7 Å². The fraction of sp³-hybridized carbons (Fsp3) is 0.278. The lowest BCUT2D eigenvalue weighted by atomic mass is 9.99. The van der Waals surface area contributed by atoms with Gasteiger partial charge in [-0.25, -0.2) is 8.42 Å². The van der Waals surface area contributed by atoms with Gasteiger partial charge in [0.05, 0.1) is 10.8 Å². The number of benzene rings is 2. The van der Waals surface area contributed by atoms with E-state index in [2.05, 4.69) is 15.4 Å². The van der Waals surface area contributed by atoms with E-state index >= 15 is 0 Å². The summed E-state index contributed by atoms with van der Waals surface area (Å²) in [6, 6.07) is 15.0. The fourth-order valence-electron chi connectivity index (χ4n) is 2.78. The van der Waals surface area contributed by atoms with Crippen LogP contribution in [0.15, 0.2) is 59.5 Å². The highest BCUT2D eigenvalue weighted by atomic mass is 32.2. The van der Waals surface area contributed by atoms with E-state index in [-0.39, 0.29) is 16.7 Å². The Balaban J connectivity index is 1.73. The van der Waals surface area contributed by atoms with Gasteiger partial charge in [0.25, 0.3) is 10.0 Å². The molecule has 7 heteroatoms. The van der Waals surface area contributed by atoms with E-state index in [1.165, 1.54) is 12.1 Å². The lowest BCUT2D eigenvalue weighted by molar-refractivity contribution is -0.120. The fourth-order valence-corrected chi connectivity index (χ4v) is 3.89. The van der Waals surface area contributed by atoms with Crippen molar-refractivity contribution in [1.29, 1.82) is 0 Å². The van der Waals surface area contributed by atoms with E-state index in [9.17, 15) is 13.2 Å². The number of sulfonamides is 1. The van der Waals surface area contributed by atoms with Crippen LogP contribution in [-0.2, 0) is 14.8 Å². The van der Waals surface area contributed by atoms with Crippen molar-refractivity contribution in [3.63, 3.8) is 0 Å². The molecule has 3 N–H and O–H groups in total. The molecule has 0 saturated carbocycles. The molecular formula is C18H21N3O3S. The van der Waals surface area contributed by atoms with Gasteiger partial charge in [-0.3, -0.25) is 9.52 Å². The second-order valence-electron chi connectivity index (χ2n) is 6.03. The number of hydrogen-bond donors (Lipinski definition) is 3. The number of amides is 1. The first kappa shape index (κ1) is 17.4. The summed E-state index contributed by atoms with van der Waals surface area (Å²) in [7, 11) is -3.71. The summed E-state index contributed by atoms with van der Waals surface area (Å²) in [6.45, 7) is 1.59. The molecule has 1 heterocycles. The Morgan fingerprint density at radius 3 is 2.52 bits per heavy atom. The monoisotopic (exact) mass is 359 g/mol. The van der Waals surface area contributed by atoms with Crippen LogP contribution in [0.3, 0.4) is 0 Å². The molecule has 1 amide bonds. The first-order valence-electron chi connectivity index (χ1n) is 8.24. The molecule has 0 aliphatic carbocycles. The lowest BCUT2D eigenvalue weighted by Gasteiger charge is -2.22. The van der Waals surface area contributed by atoms with Crippen LogP contribution in [0.25, 0.3) is 0 Å². The molecule has 1 aliphatic rings. The molecule has 0 aromatic heterocycles. The number of anilines is 2. The predicted octanol–water partition coefficient (Wildman–Crippen LogP) is 2.43. The number of nitrogens with one attached hydrogen (secondary N) is 3. The maximum absolute atomic E-state index is 12.5. The van der Waals surface area contributed by atoms with Gasteiger partial charge in [-0.15, -0.1) is 0 Å². The van der Waals surface area contributed by atoms with Gasteiger partial charge in [0.2, 0.25) is 5.91 Å². The number of para-hydroxylation sites is 1. The summed E-state index contributed by atoms with van der Waals surface area (Å²) in [4.78, 5) is 12.4. The van der Waals surface area contributed by atoms with Crippen LogP contribution in [0.4, 0.5) is 11.4 Å². The molecular weight excluding hydrogens is 338 g/mol. The smallest absolute Gasteiger partial charge is 0.261 e. The average Bonchev–Trinajstić information content (AvgIpc) is 2.63. The largest absolute Gasteiger partial charge is 0.326 e. The summed E-state index contributed by atoms with van der Waals surface area (Å²) in [6.07, 6.45) is 1.81. The number of hydrogen-bond acceptors (Lipinski definition) is 4. The van der Waals surface area contributed by atoms with Crippen molar-refractivity contribution in [1.82, 2.24) is 5.32 Å². The van der Waals surface area contributed by atoms with Crippen LogP contribution in [0, 0.1) is 5.92 Å². The van der Waals surface area contributed by atoms with E-state index in [0.717, 1.165) is 19.4 Å². The zero-order valence-electron chi connectivity index (χ0n) is 13.7. The van der Waals surface area contributed by atoms with Crippen molar-refractivity contribution >= 4 is 27.3 Å². The van der Waals surface area contributed by atoms with Crippen LogP contribution in [-0.4, -0.2) is 27.4 Å². The molecule has 6 nitrogen and oxygen atoms in total. The van der Waals surface area contributed by atoms with Gasteiger partial charge < -0.3 is 10.6 Å². The number of carbonyl (C=O) groups excluding carboxylic acids is 1. The van der Waals surface area contributed by atoms with Crippen molar-refractivity contribution in [2.24, 2.45) is 5.92 Å². The Kier molecular flexibility index (Phi) is 5.35. The van der Waals surface area contributed by atoms with Crippen LogP contribution in [0.5, 0.6) is 0 Å². The second-order valence-corrected chi connectivity index (χ2v) is 7.71. The van der Waals surface area contributed by atoms with Crippen LogP contribution >= 0.6 is 0 Å². The van der Waals surface area contributed by atoms with Crippen molar-refractivity contribution in [3.05, 3.63) is 54.6 Å². The van der Waals surface area contributed by atoms with E-state index in [1.807, 2.05) is 6.07 Å². The average molecular weight is 359 g/mol. The third kappa shape index (κ3) is 4.58. The molecule has 0 radical (unpaired) electrons. The Labute approximate surface area is 147 Å². The van der Waals surface area contributed by atoms with E-state index in [0.29, 0.717) is 17.9 Å². The lowest BCUT2D eigenvalue weighted by Crippen LogP contribution is -2.37. The molecule has 3 rings (SSSR count). The summed E-state index contributed by atoms with van der Waals surface area (Å²) in [5.74, 6) is -0.172. The van der Waals surface area contributed by atoms with Crippen molar-refractivity contribution in [3.8, 4) is 0 Å². The van der Waals surface area contributed by atoms with Gasteiger partial charge in [-0.2, -0.15) is 0 Å². The van der Waals surface area contributed by atoms with E-state index in [1.54, 1.807) is 36.4 Å². The number of rotatable bonds is 5. The molecule has 1 atom stereocenters. The van der Waals surface area contributed by atoms with Crippen LogP contribution < -0.4 is 15.4 Å². The Morgan fingerprint density at radius 2 is 1.80 bits per heavy atom. The SMILES string of the molecule is O=C(Nc1cccc(S(=O)(=O)Nc2ccccc2)c1)C1CCCNC1. The minimum absolute atomic E-state index is 0.0854. The van der Waals surface area contributed by atoms with Gasteiger partial charge >= 0.3 is 0 Å². The molecule has 0 spiro atoms. The topological polar surface area (TPSA) is 87.3 Å². The Bertz CT molecular complexity index is 832. The predicted molar refractivity (Wildman–Crippen MR) is 97.9 cm³/mol. The molecule has 1 unspecified atom stereocenters. The third-order valence-electron chi connectivity index (χ3n) is 4.11. The van der Waals surface area contributed by atoms with Gasteiger partial charge in [0.15, 0.2) is 0 Å². The molecule has 1 aliphatic heterocycles. The summed E-state index contributed by atoms with van der Waals surface area (Å²) < 4.78 is 27.5. The first-order valence-corrected chi connectivity index (χ1v) is 9.72. The standard InChI is InChI=1S/C18H21N3O3S/c22-18(14-6-5-11-19-13-14)20-16-9-4-10-17(12-16)25(23,24)21-15-7-2-1-3-8-15/h1-4,7-10,12,14,19,21H,5-6,11,13H2,(H,20,22). The summed E-state index contributed by atoms with van der Waals surface area (Å²) in [5.41, 5.74) is 0.969. The number of carbonyl (C=O) groups is 1. The summed E-state index contributed by atoms with van der Waals surface area (Å²) in [5, 5.41) is 6.01. The van der Waals surface area contributed by atoms with E-state index in [4.69, 9.17) is 0 Å². The first-order chi connectivity index (χ1) is 12.0. The highest BCUT2D eigenvalue weighted by Crippen LogP contribution is 2.20. The van der Waals surface area contributed by atoms with Crippen LogP contribution in [0.1, 0.15) is 12.8 Å². The summed E-state index contributed by atoms with van der Waals surface area (Å²) >= 11 is 0. The molecule has 2 aromatic carbocycles. The van der Waals surface area contributed by atoms with Gasteiger partial charge in [-0.05, 0) is 49.7 Å². The van der Waals surface area contributed by atoms with Crippen molar-refractivity contribution < 1.29 is 13.2 Å². The Morgan fingerprint density at radius 1 is 1.04 bits per heavy atom. The third-order valence-corrected chi connectivity index (χ3v) is 5.48. The van der Waals surface area contributed by atoms with Gasteiger partial charge in [0, 0.05) is 17.9 Å². The van der Waals surface area contributed by atoms with Crippen LogP contribution in [0.2, 0.25) is 0 Å². The highest BCUT2D eigenvalue weighted by molar-refractivity contribution is 7.92. The second kappa shape index (κ2) is 7.67. The van der Waals surface area contributed by atoms with Gasteiger partial charge in [-0.1, -0.05) is 24.3 Å². The molecule has 0 bridgehead atoms. The maximum atomic E-state index is 12.5. The van der Waals surface area contributed by atoms with Gasteiger partial charge in [0.1, 0.15) is 0 Å². The maximum Gasteiger partial charge on any atom is 0.261 e. The zero-order chi connectivity index (χ0) is 17.7. The molecule has 1 saturated heterocycles.